The van der Waals surface area contributed by atoms with Crippen molar-refractivity contribution in [2.24, 2.45) is 5.73 Å². The van der Waals surface area contributed by atoms with Gasteiger partial charge in [0.05, 0.1) is 0 Å². The van der Waals surface area contributed by atoms with E-state index in [9.17, 15) is 9.59 Å². The van der Waals surface area contributed by atoms with Gasteiger partial charge in [-0.1, -0.05) is 25.8 Å². The lowest BCUT2D eigenvalue weighted by Gasteiger charge is -2.04. The first-order valence-corrected chi connectivity index (χ1v) is 5.74. The van der Waals surface area contributed by atoms with Gasteiger partial charge in [0.2, 0.25) is 5.91 Å². The number of hydrogen-bond acceptors (Lipinski definition) is 3. The van der Waals surface area contributed by atoms with Crippen molar-refractivity contribution in [3.8, 4) is 5.75 Å². The monoisotopic (exact) mass is 235 g/mol. The zero-order chi connectivity index (χ0) is 12.7. The Morgan fingerprint density at radius 2 is 2.06 bits per heavy atom. The minimum Gasteiger partial charge on any atom is -0.427 e. The second-order valence-electron chi connectivity index (χ2n) is 3.82. The molecule has 0 fully saturated rings. The second-order valence-corrected chi connectivity index (χ2v) is 3.82. The summed E-state index contributed by atoms with van der Waals surface area (Å²) in [7, 11) is 0. The van der Waals surface area contributed by atoms with Gasteiger partial charge in [-0.3, -0.25) is 9.59 Å². The van der Waals surface area contributed by atoms with Gasteiger partial charge in [0.15, 0.2) is 0 Å². The van der Waals surface area contributed by atoms with Crippen LogP contribution < -0.4 is 10.5 Å². The van der Waals surface area contributed by atoms with Crippen LogP contribution in [0.4, 0.5) is 0 Å². The summed E-state index contributed by atoms with van der Waals surface area (Å²) in [6, 6.07) is 6.32. The molecule has 4 heteroatoms. The first-order chi connectivity index (χ1) is 8.13. The highest BCUT2D eigenvalue weighted by atomic mass is 16.5. The fraction of sp³-hybridized carbons (Fsp3) is 0.385. The number of amides is 1. The molecule has 0 aliphatic heterocycles. The highest BCUT2D eigenvalue weighted by Gasteiger charge is 2.06. The molecule has 4 nitrogen and oxygen atoms in total. The minimum atomic E-state index is -0.533. The molecule has 0 aromatic heterocycles. The highest BCUT2D eigenvalue weighted by Crippen LogP contribution is 2.14. The van der Waals surface area contributed by atoms with Gasteiger partial charge < -0.3 is 10.5 Å². The van der Waals surface area contributed by atoms with Crippen LogP contribution in [0.3, 0.4) is 0 Å². The average molecular weight is 235 g/mol. The van der Waals surface area contributed by atoms with Crippen LogP contribution in [0.25, 0.3) is 0 Å². The third kappa shape index (κ3) is 4.68. The Balaban J connectivity index is 2.53. The number of carbonyl (C=O) groups excluding carboxylic acids is 2. The number of benzene rings is 1. The van der Waals surface area contributed by atoms with E-state index in [2.05, 4.69) is 6.92 Å². The molecule has 0 atom stereocenters. The number of primary amides is 1. The SMILES string of the molecule is CCCCCC(=O)Oc1cccc(C(N)=O)c1. The van der Waals surface area contributed by atoms with Crippen molar-refractivity contribution in [3.63, 3.8) is 0 Å². The van der Waals surface area contributed by atoms with E-state index in [-0.39, 0.29) is 5.97 Å². The average Bonchev–Trinajstić information content (AvgIpc) is 2.29. The number of rotatable bonds is 6. The Labute approximate surface area is 101 Å². The van der Waals surface area contributed by atoms with E-state index in [1.54, 1.807) is 18.2 Å². The second kappa shape index (κ2) is 6.68. The summed E-state index contributed by atoms with van der Waals surface area (Å²) in [5.41, 5.74) is 5.47. The summed E-state index contributed by atoms with van der Waals surface area (Å²) in [5, 5.41) is 0. The molecule has 0 radical (unpaired) electrons. The van der Waals surface area contributed by atoms with E-state index in [0.29, 0.717) is 17.7 Å². The predicted octanol–water partition coefficient (Wildman–Crippen LogP) is 2.27. The smallest absolute Gasteiger partial charge is 0.311 e. The van der Waals surface area contributed by atoms with Gasteiger partial charge >= 0.3 is 5.97 Å². The molecule has 0 bridgehead atoms. The van der Waals surface area contributed by atoms with Crippen LogP contribution in [-0.4, -0.2) is 11.9 Å². The maximum Gasteiger partial charge on any atom is 0.311 e. The van der Waals surface area contributed by atoms with Gasteiger partial charge in [0, 0.05) is 12.0 Å². The Hall–Kier alpha value is -1.84. The number of hydrogen-bond donors (Lipinski definition) is 1. The number of esters is 1. The van der Waals surface area contributed by atoms with Crippen molar-refractivity contribution in [1.82, 2.24) is 0 Å². The Kier molecular flexibility index (Phi) is 5.20. The summed E-state index contributed by atoms with van der Waals surface area (Å²) >= 11 is 0. The minimum absolute atomic E-state index is 0.278. The van der Waals surface area contributed by atoms with Crippen LogP contribution in [0.15, 0.2) is 24.3 Å². The van der Waals surface area contributed by atoms with E-state index < -0.39 is 5.91 Å². The third-order valence-corrected chi connectivity index (χ3v) is 2.33. The molecule has 1 aromatic rings. The van der Waals surface area contributed by atoms with Crippen molar-refractivity contribution in [3.05, 3.63) is 29.8 Å². The molecule has 0 spiro atoms. The molecule has 1 rings (SSSR count). The number of carbonyl (C=O) groups is 2. The van der Waals surface area contributed by atoms with Crippen LogP contribution in [0.5, 0.6) is 5.75 Å². The van der Waals surface area contributed by atoms with E-state index in [4.69, 9.17) is 10.5 Å². The van der Waals surface area contributed by atoms with Crippen LogP contribution in [0, 0.1) is 0 Å². The molecule has 92 valence electrons. The third-order valence-electron chi connectivity index (χ3n) is 2.33. The standard InChI is InChI=1S/C13H17NO3/c1-2-3-4-8-12(15)17-11-7-5-6-10(9-11)13(14)16/h5-7,9H,2-4,8H2,1H3,(H2,14,16). The van der Waals surface area contributed by atoms with Gasteiger partial charge in [0.25, 0.3) is 0 Å². The molecule has 0 heterocycles. The molecule has 1 aromatic carbocycles. The van der Waals surface area contributed by atoms with Crippen molar-refractivity contribution >= 4 is 11.9 Å². The molecule has 0 saturated carbocycles. The van der Waals surface area contributed by atoms with Gasteiger partial charge in [-0.15, -0.1) is 0 Å². The maximum atomic E-state index is 11.4. The molecule has 0 aliphatic rings. The van der Waals surface area contributed by atoms with Crippen molar-refractivity contribution in [1.29, 1.82) is 0 Å². The van der Waals surface area contributed by atoms with Gasteiger partial charge in [-0.25, -0.2) is 0 Å². The Morgan fingerprint density at radius 3 is 2.71 bits per heavy atom. The largest absolute Gasteiger partial charge is 0.427 e. The van der Waals surface area contributed by atoms with E-state index >= 15 is 0 Å². The molecule has 0 aliphatic carbocycles. The molecule has 0 unspecified atom stereocenters. The summed E-state index contributed by atoms with van der Waals surface area (Å²) in [4.78, 5) is 22.4. The normalized spacial score (nSPS) is 9.94. The number of nitrogens with two attached hydrogens (primary N) is 1. The molecular weight excluding hydrogens is 218 g/mol. The summed E-state index contributed by atoms with van der Waals surface area (Å²) in [6.45, 7) is 2.07. The molecule has 1 amide bonds. The number of ether oxygens (including phenoxy) is 1. The summed E-state index contributed by atoms with van der Waals surface area (Å²) in [6.07, 6.45) is 3.29. The molecule has 0 saturated heterocycles. The van der Waals surface area contributed by atoms with Gasteiger partial charge in [-0.2, -0.15) is 0 Å². The zero-order valence-corrected chi connectivity index (χ0v) is 9.94. The van der Waals surface area contributed by atoms with E-state index in [1.807, 2.05) is 0 Å². The predicted molar refractivity (Wildman–Crippen MR) is 64.7 cm³/mol. The fourth-order valence-electron chi connectivity index (χ4n) is 1.41. The molecule has 17 heavy (non-hydrogen) atoms. The van der Waals surface area contributed by atoms with Gasteiger partial charge in [0.1, 0.15) is 5.75 Å². The molecular formula is C13H17NO3. The van der Waals surface area contributed by atoms with Crippen molar-refractivity contribution in [2.45, 2.75) is 32.6 Å². The first kappa shape index (κ1) is 13.2. The molecule has 2 N–H and O–H groups in total. The lowest BCUT2D eigenvalue weighted by molar-refractivity contribution is -0.134. The van der Waals surface area contributed by atoms with E-state index in [1.165, 1.54) is 6.07 Å². The fourth-order valence-corrected chi connectivity index (χ4v) is 1.41. The summed E-state index contributed by atoms with van der Waals surface area (Å²) in [5.74, 6) is -0.447. The maximum absolute atomic E-state index is 11.4. The van der Waals surface area contributed by atoms with E-state index in [0.717, 1.165) is 19.3 Å². The van der Waals surface area contributed by atoms with Gasteiger partial charge in [-0.05, 0) is 24.6 Å². The summed E-state index contributed by atoms with van der Waals surface area (Å²) < 4.78 is 5.11. The van der Waals surface area contributed by atoms with Crippen LogP contribution >= 0.6 is 0 Å². The lowest BCUT2D eigenvalue weighted by atomic mass is 10.2. The topological polar surface area (TPSA) is 69.4 Å². The van der Waals surface area contributed by atoms with Crippen LogP contribution in [0.1, 0.15) is 43.0 Å². The zero-order valence-electron chi connectivity index (χ0n) is 9.94. The highest BCUT2D eigenvalue weighted by molar-refractivity contribution is 5.93. The van der Waals surface area contributed by atoms with Crippen LogP contribution in [-0.2, 0) is 4.79 Å². The first-order valence-electron chi connectivity index (χ1n) is 5.74. The lowest BCUT2D eigenvalue weighted by Crippen LogP contribution is -2.12. The van der Waals surface area contributed by atoms with Crippen molar-refractivity contribution < 1.29 is 14.3 Å². The number of unbranched alkanes of at least 4 members (excludes halogenated alkanes) is 2. The van der Waals surface area contributed by atoms with Crippen LogP contribution in [0.2, 0.25) is 0 Å². The quantitative estimate of drug-likeness (QED) is 0.467. The Bertz CT molecular complexity index is 401. The Morgan fingerprint density at radius 1 is 1.29 bits per heavy atom. The van der Waals surface area contributed by atoms with Crippen molar-refractivity contribution in [2.75, 3.05) is 0 Å².